The van der Waals surface area contributed by atoms with Gasteiger partial charge in [0.2, 0.25) is 0 Å². The number of pyridine rings is 1. The predicted molar refractivity (Wildman–Crippen MR) is 83.5 cm³/mol. The Kier molecular flexibility index (Phi) is 4.10. The molecule has 2 aliphatic heterocycles. The number of hydrogen-bond acceptors (Lipinski definition) is 4. The van der Waals surface area contributed by atoms with E-state index in [4.69, 9.17) is 0 Å². The first-order valence-electron chi connectivity index (χ1n) is 7.85. The van der Waals surface area contributed by atoms with Crippen molar-refractivity contribution < 1.29 is 4.79 Å². The van der Waals surface area contributed by atoms with Gasteiger partial charge in [-0.15, -0.1) is 0 Å². The molecule has 5 heteroatoms. The van der Waals surface area contributed by atoms with Crippen LogP contribution in [0.2, 0.25) is 0 Å². The van der Waals surface area contributed by atoms with Crippen molar-refractivity contribution in [1.29, 1.82) is 0 Å². The Morgan fingerprint density at radius 1 is 1.29 bits per heavy atom. The highest BCUT2D eigenvalue weighted by Gasteiger charge is 2.36. The minimum Gasteiger partial charge on any atom is -0.373 e. The molecule has 5 nitrogen and oxygen atoms in total. The third kappa shape index (κ3) is 3.02. The molecule has 2 N–H and O–H groups in total. The van der Waals surface area contributed by atoms with Crippen molar-refractivity contribution in [2.45, 2.75) is 50.2 Å². The van der Waals surface area contributed by atoms with E-state index in [2.05, 4.69) is 27.6 Å². The number of anilines is 1. The van der Waals surface area contributed by atoms with Gasteiger partial charge in [0.05, 0.1) is 0 Å². The van der Waals surface area contributed by atoms with Crippen LogP contribution < -0.4 is 10.6 Å². The summed E-state index contributed by atoms with van der Waals surface area (Å²) in [5.41, 5.74) is 0.492. The fourth-order valence-corrected chi connectivity index (χ4v) is 3.69. The molecule has 2 aliphatic rings. The number of amides is 1. The highest BCUT2D eigenvalue weighted by molar-refractivity contribution is 5.92. The Hall–Kier alpha value is -1.62. The highest BCUT2D eigenvalue weighted by atomic mass is 16.1. The summed E-state index contributed by atoms with van der Waals surface area (Å²) in [6.07, 6.45) is 5.96. The average molecular weight is 288 g/mol. The van der Waals surface area contributed by atoms with Crippen molar-refractivity contribution >= 4 is 11.7 Å². The average Bonchev–Trinajstić information content (AvgIpc) is 2.48. The molecule has 0 radical (unpaired) electrons. The highest BCUT2D eigenvalue weighted by Crippen LogP contribution is 2.32. The zero-order valence-corrected chi connectivity index (χ0v) is 12.8. The molecule has 2 fully saturated rings. The van der Waals surface area contributed by atoms with Crippen LogP contribution in [0.25, 0.3) is 0 Å². The number of nitrogens with zero attached hydrogens (tertiary/aromatic N) is 2. The Labute approximate surface area is 126 Å². The van der Waals surface area contributed by atoms with Crippen molar-refractivity contribution in [2.75, 3.05) is 19.4 Å². The fourth-order valence-electron chi connectivity index (χ4n) is 3.69. The van der Waals surface area contributed by atoms with E-state index in [1.807, 2.05) is 19.2 Å². The third-order valence-electron chi connectivity index (χ3n) is 4.91. The first-order chi connectivity index (χ1) is 10.2. The SMILES string of the molecule is CNc1cccc(C(=O)NC2CC3CCCC(C2)N3C)n1. The van der Waals surface area contributed by atoms with Crippen molar-refractivity contribution in [2.24, 2.45) is 0 Å². The number of nitrogens with one attached hydrogen (secondary N) is 2. The molecule has 2 unspecified atom stereocenters. The van der Waals surface area contributed by atoms with Gasteiger partial charge in [-0.3, -0.25) is 4.79 Å². The Morgan fingerprint density at radius 3 is 2.67 bits per heavy atom. The maximum Gasteiger partial charge on any atom is 0.270 e. The lowest BCUT2D eigenvalue weighted by Gasteiger charge is -2.47. The number of carbonyl (C=O) groups is 1. The van der Waals surface area contributed by atoms with E-state index in [1.165, 1.54) is 19.3 Å². The van der Waals surface area contributed by atoms with Crippen molar-refractivity contribution in [3.05, 3.63) is 23.9 Å². The van der Waals surface area contributed by atoms with Gasteiger partial charge in [0.1, 0.15) is 11.5 Å². The first-order valence-corrected chi connectivity index (χ1v) is 7.85. The van der Waals surface area contributed by atoms with Crippen molar-refractivity contribution in [3.8, 4) is 0 Å². The molecule has 2 bridgehead atoms. The molecule has 2 saturated heterocycles. The number of rotatable bonds is 3. The van der Waals surface area contributed by atoms with E-state index in [1.54, 1.807) is 6.07 Å². The summed E-state index contributed by atoms with van der Waals surface area (Å²) >= 11 is 0. The monoisotopic (exact) mass is 288 g/mol. The second kappa shape index (κ2) is 6.02. The minimum atomic E-state index is -0.0558. The van der Waals surface area contributed by atoms with E-state index in [9.17, 15) is 4.79 Å². The second-order valence-corrected chi connectivity index (χ2v) is 6.20. The molecule has 0 spiro atoms. The van der Waals surface area contributed by atoms with Crippen molar-refractivity contribution in [1.82, 2.24) is 15.2 Å². The molecule has 0 saturated carbocycles. The van der Waals surface area contributed by atoms with Crippen LogP contribution in [0.3, 0.4) is 0 Å². The molecule has 3 rings (SSSR count). The summed E-state index contributed by atoms with van der Waals surface area (Å²) in [6, 6.07) is 7.02. The summed E-state index contributed by atoms with van der Waals surface area (Å²) in [4.78, 5) is 19.2. The standard InChI is InChI=1S/C16H24N4O/c1-17-15-8-4-7-14(19-15)16(21)18-11-9-12-5-3-6-13(10-11)20(12)2/h4,7-8,11-13H,3,5-6,9-10H2,1-2H3,(H,17,19)(H,18,21). The van der Waals surface area contributed by atoms with E-state index in [0.29, 0.717) is 17.8 Å². The van der Waals surface area contributed by atoms with Crippen LogP contribution in [-0.2, 0) is 0 Å². The molecule has 1 amide bonds. The van der Waals surface area contributed by atoms with Gasteiger partial charge < -0.3 is 15.5 Å². The molecule has 1 aromatic heterocycles. The van der Waals surface area contributed by atoms with Gasteiger partial charge >= 0.3 is 0 Å². The minimum absolute atomic E-state index is 0.0558. The summed E-state index contributed by atoms with van der Waals surface area (Å²) in [6.45, 7) is 0. The molecule has 21 heavy (non-hydrogen) atoms. The number of fused-ring (bicyclic) bond motifs is 2. The van der Waals surface area contributed by atoms with Crippen molar-refractivity contribution in [3.63, 3.8) is 0 Å². The molecule has 0 aromatic carbocycles. The smallest absolute Gasteiger partial charge is 0.270 e. The zero-order valence-electron chi connectivity index (χ0n) is 12.8. The molecule has 1 aromatic rings. The summed E-state index contributed by atoms with van der Waals surface area (Å²) in [5, 5.41) is 6.15. The van der Waals surface area contributed by atoms with Crippen LogP contribution >= 0.6 is 0 Å². The van der Waals surface area contributed by atoms with Gasteiger partial charge in [0.15, 0.2) is 0 Å². The number of hydrogen-bond donors (Lipinski definition) is 2. The van der Waals surface area contributed by atoms with Gasteiger partial charge in [0, 0.05) is 25.2 Å². The second-order valence-electron chi connectivity index (χ2n) is 6.20. The van der Waals surface area contributed by atoms with Crippen LogP contribution in [0, 0.1) is 0 Å². The van der Waals surface area contributed by atoms with Gasteiger partial charge in [-0.05, 0) is 44.9 Å². The maximum absolute atomic E-state index is 12.4. The predicted octanol–water partition coefficient (Wildman–Crippen LogP) is 1.87. The lowest BCUT2D eigenvalue weighted by atomic mass is 9.82. The summed E-state index contributed by atoms with van der Waals surface area (Å²) < 4.78 is 0. The normalized spacial score (nSPS) is 29.0. The van der Waals surface area contributed by atoms with E-state index in [-0.39, 0.29) is 11.9 Å². The zero-order chi connectivity index (χ0) is 14.8. The molecular weight excluding hydrogens is 264 g/mol. The largest absolute Gasteiger partial charge is 0.373 e. The molecular formula is C16H24N4O. The Balaban J connectivity index is 1.65. The number of carbonyl (C=O) groups excluding carboxylic acids is 1. The third-order valence-corrected chi connectivity index (χ3v) is 4.91. The quantitative estimate of drug-likeness (QED) is 0.891. The fraction of sp³-hybridized carbons (Fsp3) is 0.625. The first kappa shape index (κ1) is 14.3. The molecule has 2 atom stereocenters. The maximum atomic E-state index is 12.4. The Morgan fingerprint density at radius 2 is 2.00 bits per heavy atom. The molecule has 114 valence electrons. The van der Waals surface area contributed by atoms with Gasteiger partial charge in [0.25, 0.3) is 5.91 Å². The van der Waals surface area contributed by atoms with Crippen LogP contribution in [0.5, 0.6) is 0 Å². The van der Waals surface area contributed by atoms with Crippen LogP contribution in [-0.4, -0.2) is 48.0 Å². The number of piperidine rings is 2. The Bertz CT molecular complexity index is 505. The van der Waals surface area contributed by atoms with Crippen LogP contribution in [0.4, 0.5) is 5.82 Å². The van der Waals surface area contributed by atoms with Gasteiger partial charge in [-0.1, -0.05) is 12.5 Å². The van der Waals surface area contributed by atoms with Gasteiger partial charge in [-0.2, -0.15) is 0 Å². The van der Waals surface area contributed by atoms with E-state index < -0.39 is 0 Å². The molecule has 3 heterocycles. The van der Waals surface area contributed by atoms with Gasteiger partial charge in [-0.25, -0.2) is 4.98 Å². The lowest BCUT2D eigenvalue weighted by Crippen LogP contribution is -2.55. The lowest BCUT2D eigenvalue weighted by molar-refractivity contribution is 0.0462. The number of aromatic nitrogens is 1. The summed E-state index contributed by atoms with van der Waals surface area (Å²) in [7, 11) is 4.03. The molecule has 0 aliphatic carbocycles. The van der Waals surface area contributed by atoms with E-state index in [0.717, 1.165) is 18.7 Å². The summed E-state index contributed by atoms with van der Waals surface area (Å²) in [5.74, 6) is 0.669. The van der Waals surface area contributed by atoms with E-state index >= 15 is 0 Å². The topological polar surface area (TPSA) is 57.3 Å². The van der Waals surface area contributed by atoms with Crippen LogP contribution in [0.15, 0.2) is 18.2 Å². The van der Waals surface area contributed by atoms with Crippen LogP contribution in [0.1, 0.15) is 42.6 Å².